The second-order valence-corrected chi connectivity index (χ2v) is 5.62. The average molecular weight is 180 g/mol. The highest BCUT2D eigenvalue weighted by Crippen LogP contribution is 2.44. The lowest BCUT2D eigenvalue weighted by atomic mass is 9.65. The maximum atomic E-state index is 2.41. The average Bonchev–Trinajstić information content (AvgIpc) is 2.17. The van der Waals surface area contributed by atoms with Crippen LogP contribution in [0.4, 0.5) is 0 Å². The van der Waals surface area contributed by atoms with Gasteiger partial charge in [0.15, 0.2) is 0 Å². The molecule has 13 heavy (non-hydrogen) atoms. The number of hydrogen-bond donors (Lipinski definition) is 0. The van der Waals surface area contributed by atoms with Crippen LogP contribution in [0.25, 0.3) is 0 Å². The maximum absolute atomic E-state index is 2.41. The first-order chi connectivity index (χ1) is 6.27. The van der Waals surface area contributed by atoms with Crippen LogP contribution in [0.5, 0.6) is 0 Å². The second-order valence-electron chi connectivity index (χ2n) is 5.62. The van der Waals surface area contributed by atoms with Crippen molar-refractivity contribution < 1.29 is 0 Å². The molecule has 2 saturated carbocycles. The van der Waals surface area contributed by atoms with Crippen molar-refractivity contribution in [3.63, 3.8) is 0 Å². The van der Waals surface area contributed by atoms with E-state index in [9.17, 15) is 0 Å². The molecule has 0 aromatic heterocycles. The number of hydrogen-bond acceptors (Lipinski definition) is 0. The van der Waals surface area contributed by atoms with Crippen LogP contribution in [-0.2, 0) is 0 Å². The summed E-state index contributed by atoms with van der Waals surface area (Å²) in [6.45, 7) is 4.82. The van der Waals surface area contributed by atoms with Gasteiger partial charge in [-0.2, -0.15) is 0 Å². The molecule has 0 bridgehead atoms. The molecule has 0 amide bonds. The van der Waals surface area contributed by atoms with Crippen LogP contribution < -0.4 is 0 Å². The zero-order chi connectivity index (χ0) is 9.26. The van der Waals surface area contributed by atoms with Crippen LogP contribution in [-0.4, -0.2) is 0 Å². The quantitative estimate of drug-likeness (QED) is 0.566. The summed E-state index contributed by atoms with van der Waals surface area (Å²) in [5, 5.41) is 0. The van der Waals surface area contributed by atoms with Gasteiger partial charge in [-0.1, -0.05) is 39.5 Å². The van der Waals surface area contributed by atoms with E-state index in [1.54, 1.807) is 25.7 Å². The molecule has 2 aliphatic carbocycles. The minimum absolute atomic E-state index is 0.933. The van der Waals surface area contributed by atoms with Gasteiger partial charge in [0.25, 0.3) is 0 Å². The van der Waals surface area contributed by atoms with E-state index in [-0.39, 0.29) is 0 Å². The molecule has 0 N–H and O–H groups in total. The molecule has 0 saturated heterocycles. The van der Waals surface area contributed by atoms with Gasteiger partial charge < -0.3 is 0 Å². The molecule has 0 heteroatoms. The minimum Gasteiger partial charge on any atom is -0.0625 e. The molecular weight excluding hydrogens is 156 g/mol. The zero-order valence-electron chi connectivity index (χ0n) is 9.26. The normalized spacial score (nSPS) is 40.4. The summed E-state index contributed by atoms with van der Waals surface area (Å²) in [4.78, 5) is 0. The Morgan fingerprint density at radius 1 is 0.846 bits per heavy atom. The monoisotopic (exact) mass is 180 g/mol. The van der Waals surface area contributed by atoms with Crippen molar-refractivity contribution >= 4 is 0 Å². The number of fused-ring (bicyclic) bond motifs is 1. The van der Waals surface area contributed by atoms with Crippen molar-refractivity contribution in [1.29, 1.82) is 0 Å². The van der Waals surface area contributed by atoms with Crippen LogP contribution >= 0.6 is 0 Å². The highest BCUT2D eigenvalue weighted by atomic mass is 14.4. The van der Waals surface area contributed by atoms with E-state index in [0.29, 0.717) is 0 Å². The lowest BCUT2D eigenvalue weighted by Crippen LogP contribution is -2.29. The molecular formula is C13H24. The van der Waals surface area contributed by atoms with Gasteiger partial charge in [-0.25, -0.2) is 0 Å². The minimum atomic E-state index is 0.933. The Labute approximate surface area is 83.1 Å². The highest BCUT2D eigenvalue weighted by molar-refractivity contribution is 4.83. The van der Waals surface area contributed by atoms with Crippen molar-refractivity contribution in [2.75, 3.05) is 0 Å². The Morgan fingerprint density at radius 3 is 2.23 bits per heavy atom. The Morgan fingerprint density at radius 2 is 1.54 bits per heavy atom. The largest absolute Gasteiger partial charge is 0.0625 e. The molecule has 2 rings (SSSR count). The molecule has 0 aliphatic heterocycles. The first-order valence-electron chi connectivity index (χ1n) is 6.27. The maximum Gasteiger partial charge on any atom is -0.0383 e. The summed E-state index contributed by atoms with van der Waals surface area (Å²) in [5.74, 6) is 4.24. The molecule has 0 radical (unpaired) electrons. The van der Waals surface area contributed by atoms with E-state index in [0.717, 1.165) is 23.7 Å². The molecule has 0 spiro atoms. The third kappa shape index (κ3) is 2.08. The molecule has 2 fully saturated rings. The Hall–Kier alpha value is 0. The fourth-order valence-electron chi connectivity index (χ4n) is 3.52. The van der Waals surface area contributed by atoms with E-state index in [2.05, 4.69) is 13.8 Å². The van der Waals surface area contributed by atoms with E-state index in [1.165, 1.54) is 19.3 Å². The first kappa shape index (κ1) is 9.55. The van der Waals surface area contributed by atoms with Crippen molar-refractivity contribution in [1.82, 2.24) is 0 Å². The smallest absolute Gasteiger partial charge is 0.0383 e. The Balaban J connectivity index is 1.91. The van der Waals surface area contributed by atoms with Crippen LogP contribution in [0.3, 0.4) is 0 Å². The summed E-state index contributed by atoms with van der Waals surface area (Å²) in [6.07, 6.45) is 10.8. The predicted octanol–water partition coefficient (Wildman–Crippen LogP) is 4.25. The zero-order valence-corrected chi connectivity index (χ0v) is 9.26. The number of rotatable bonds is 1. The van der Waals surface area contributed by atoms with Gasteiger partial charge in [0.2, 0.25) is 0 Å². The SMILES string of the molecule is CC(C)C1CCC2CCCCC2C1. The highest BCUT2D eigenvalue weighted by Gasteiger charge is 2.32. The van der Waals surface area contributed by atoms with Gasteiger partial charge in [-0.3, -0.25) is 0 Å². The van der Waals surface area contributed by atoms with Crippen molar-refractivity contribution in [3.8, 4) is 0 Å². The third-order valence-electron chi connectivity index (χ3n) is 4.52. The molecule has 0 heterocycles. The standard InChI is InChI=1S/C13H24/c1-10(2)12-8-7-11-5-3-4-6-13(11)9-12/h10-13H,3-9H2,1-2H3. The molecule has 76 valence electrons. The van der Waals surface area contributed by atoms with Crippen LogP contribution in [0.2, 0.25) is 0 Å². The molecule has 3 unspecified atom stereocenters. The lowest BCUT2D eigenvalue weighted by Gasteiger charge is -2.40. The summed E-state index contributed by atoms with van der Waals surface area (Å²) in [7, 11) is 0. The molecule has 2 aliphatic rings. The van der Waals surface area contributed by atoms with E-state index < -0.39 is 0 Å². The van der Waals surface area contributed by atoms with E-state index in [1.807, 2.05) is 0 Å². The summed E-state index contributed by atoms with van der Waals surface area (Å²) in [6, 6.07) is 0. The van der Waals surface area contributed by atoms with E-state index in [4.69, 9.17) is 0 Å². The molecule has 0 aromatic carbocycles. The first-order valence-corrected chi connectivity index (χ1v) is 6.27. The van der Waals surface area contributed by atoms with Gasteiger partial charge in [-0.15, -0.1) is 0 Å². The van der Waals surface area contributed by atoms with Gasteiger partial charge in [0.05, 0.1) is 0 Å². The lowest BCUT2D eigenvalue weighted by molar-refractivity contribution is 0.108. The molecule has 0 nitrogen and oxygen atoms in total. The van der Waals surface area contributed by atoms with Gasteiger partial charge in [-0.05, 0) is 42.9 Å². The summed E-state index contributed by atoms with van der Waals surface area (Å²) >= 11 is 0. The topological polar surface area (TPSA) is 0 Å². The predicted molar refractivity (Wildman–Crippen MR) is 57.6 cm³/mol. The summed E-state index contributed by atoms with van der Waals surface area (Å²) < 4.78 is 0. The van der Waals surface area contributed by atoms with Crippen molar-refractivity contribution in [3.05, 3.63) is 0 Å². The van der Waals surface area contributed by atoms with Crippen LogP contribution in [0.1, 0.15) is 58.8 Å². The van der Waals surface area contributed by atoms with Crippen LogP contribution in [0.15, 0.2) is 0 Å². The Kier molecular flexibility index (Phi) is 2.96. The van der Waals surface area contributed by atoms with Gasteiger partial charge >= 0.3 is 0 Å². The van der Waals surface area contributed by atoms with Crippen LogP contribution in [0, 0.1) is 23.7 Å². The second kappa shape index (κ2) is 4.02. The van der Waals surface area contributed by atoms with Crippen molar-refractivity contribution in [2.24, 2.45) is 23.7 Å². The van der Waals surface area contributed by atoms with Crippen molar-refractivity contribution in [2.45, 2.75) is 58.8 Å². The van der Waals surface area contributed by atoms with Gasteiger partial charge in [0.1, 0.15) is 0 Å². The molecule has 3 atom stereocenters. The summed E-state index contributed by atoms with van der Waals surface area (Å²) in [5.41, 5.74) is 0. The van der Waals surface area contributed by atoms with E-state index >= 15 is 0 Å². The molecule has 0 aromatic rings. The fourth-order valence-corrected chi connectivity index (χ4v) is 3.52. The third-order valence-corrected chi connectivity index (χ3v) is 4.52. The Bertz CT molecular complexity index is 159. The van der Waals surface area contributed by atoms with Gasteiger partial charge in [0, 0.05) is 0 Å². The fraction of sp³-hybridized carbons (Fsp3) is 1.00.